The number of nitrogens with one attached hydrogen (secondary N) is 1. The van der Waals surface area contributed by atoms with Crippen molar-refractivity contribution in [1.82, 2.24) is 19.7 Å². The average Bonchev–Trinajstić information content (AvgIpc) is 3.44. The van der Waals surface area contributed by atoms with E-state index in [0.29, 0.717) is 35.2 Å². The van der Waals surface area contributed by atoms with Crippen molar-refractivity contribution in [2.75, 3.05) is 16.8 Å². The fourth-order valence-electron chi connectivity index (χ4n) is 5.16. The van der Waals surface area contributed by atoms with Crippen LogP contribution in [0.25, 0.3) is 11.5 Å². The summed E-state index contributed by atoms with van der Waals surface area (Å²) < 4.78 is 13.1. The first kappa shape index (κ1) is 30.4. The number of ether oxygens (including phenoxy) is 1. The summed E-state index contributed by atoms with van der Waals surface area (Å²) in [5.74, 6) is 0.542. The molecule has 3 aromatic rings. The summed E-state index contributed by atoms with van der Waals surface area (Å²) in [6.07, 6.45) is 10.3. The molecule has 2 aliphatic rings. The van der Waals surface area contributed by atoms with Gasteiger partial charge >= 0.3 is 6.09 Å². The molecule has 0 bridgehead atoms. The third-order valence-electron chi connectivity index (χ3n) is 7.63. The molecule has 3 heterocycles. The molecule has 2 aliphatic carbocycles. The van der Waals surface area contributed by atoms with E-state index in [1.165, 1.54) is 11.2 Å². The number of carbonyl (C=O) groups is 3. The minimum atomic E-state index is -1.31. The number of aliphatic hydroxyl groups is 1. The number of amides is 2. The molecule has 230 valence electrons. The molecule has 0 aliphatic heterocycles. The fourth-order valence-corrected chi connectivity index (χ4v) is 5.16. The van der Waals surface area contributed by atoms with Gasteiger partial charge in [0, 0.05) is 30.4 Å². The maximum Gasteiger partial charge on any atom is 0.416 e. The summed E-state index contributed by atoms with van der Waals surface area (Å²) in [6, 6.07) is 3.45. The van der Waals surface area contributed by atoms with Gasteiger partial charge in [0.05, 0.1) is 11.7 Å². The van der Waals surface area contributed by atoms with Crippen LogP contribution >= 0.6 is 0 Å². The van der Waals surface area contributed by atoms with Gasteiger partial charge in [-0.3, -0.25) is 14.4 Å². The number of hydrogen-bond acceptors (Lipinski definition) is 9. The highest BCUT2D eigenvalue weighted by Gasteiger charge is 2.32. The summed E-state index contributed by atoms with van der Waals surface area (Å²) in [5.41, 5.74) is -0.673. The third-order valence-corrected chi connectivity index (χ3v) is 7.63. The summed E-state index contributed by atoms with van der Waals surface area (Å²) in [4.78, 5) is 47.7. The van der Waals surface area contributed by atoms with Crippen molar-refractivity contribution in [2.45, 2.75) is 90.4 Å². The molecule has 2 amide bonds. The number of carbonyl (C=O) groups excluding carboxylic acids is 3. The average molecular weight is 593 g/mol. The Morgan fingerprint density at radius 3 is 2.51 bits per heavy atom. The van der Waals surface area contributed by atoms with Crippen molar-refractivity contribution >= 4 is 29.8 Å². The minimum absolute atomic E-state index is 0.0382. The second kappa shape index (κ2) is 11.9. The van der Waals surface area contributed by atoms with Crippen LogP contribution in [0.2, 0.25) is 0 Å². The molecule has 12 heteroatoms. The van der Waals surface area contributed by atoms with E-state index < -0.39 is 23.2 Å². The number of rotatable bonds is 9. The zero-order valence-corrected chi connectivity index (χ0v) is 25.4. The van der Waals surface area contributed by atoms with E-state index in [-0.39, 0.29) is 23.5 Å². The predicted molar refractivity (Wildman–Crippen MR) is 159 cm³/mol. The van der Waals surface area contributed by atoms with Gasteiger partial charge in [0.15, 0.2) is 5.69 Å². The highest BCUT2D eigenvalue weighted by atomic mass is 16.6. The highest BCUT2D eigenvalue weighted by Crippen LogP contribution is 2.35. The lowest BCUT2D eigenvalue weighted by atomic mass is 9.87. The Kier molecular flexibility index (Phi) is 8.42. The largest absolute Gasteiger partial charge is 0.444 e. The Labute approximate surface area is 250 Å². The van der Waals surface area contributed by atoms with Gasteiger partial charge in [-0.2, -0.15) is 5.10 Å². The molecule has 3 aromatic heterocycles. The molecule has 0 saturated heterocycles. The molecule has 2 N–H and O–H groups in total. The fraction of sp³-hybridized carbons (Fsp3) is 0.548. The Bertz CT molecular complexity index is 1470. The van der Waals surface area contributed by atoms with E-state index in [4.69, 9.17) is 9.15 Å². The normalized spacial score (nSPS) is 19.1. The van der Waals surface area contributed by atoms with Gasteiger partial charge in [0.1, 0.15) is 35.3 Å². The summed E-state index contributed by atoms with van der Waals surface area (Å²) in [6.45, 7) is 9.17. The van der Waals surface area contributed by atoms with Crippen molar-refractivity contribution in [3.8, 4) is 11.5 Å². The van der Waals surface area contributed by atoms with Crippen LogP contribution < -0.4 is 10.2 Å². The molecule has 0 atom stereocenters. The topological polar surface area (TPSA) is 153 Å². The van der Waals surface area contributed by atoms with Crippen LogP contribution in [-0.2, 0) is 15.1 Å². The van der Waals surface area contributed by atoms with Gasteiger partial charge in [-0.1, -0.05) is 0 Å². The van der Waals surface area contributed by atoms with Crippen LogP contribution in [0.1, 0.15) is 95.4 Å². The molecule has 0 radical (unpaired) electrons. The molecule has 0 unspecified atom stereocenters. The van der Waals surface area contributed by atoms with E-state index in [1.54, 1.807) is 43.1 Å². The Morgan fingerprint density at radius 1 is 1.16 bits per heavy atom. The van der Waals surface area contributed by atoms with Gasteiger partial charge in [0.2, 0.25) is 5.89 Å². The number of aromatic nitrogens is 4. The SMILES string of the molecule is CC(C)(C)OC(=O)N(CC1CC1)c1cc(-c2nc(C(=O)Nc3cn(C4CCC(C=O)CC4)nc3C(C)(C)O)co2)ccn1. The molecular formula is C31H40N6O6. The summed E-state index contributed by atoms with van der Waals surface area (Å²) in [5, 5.41) is 18.2. The lowest BCUT2D eigenvalue weighted by molar-refractivity contribution is -0.112. The lowest BCUT2D eigenvalue weighted by Gasteiger charge is -2.27. The monoisotopic (exact) mass is 592 g/mol. The van der Waals surface area contributed by atoms with Crippen LogP contribution in [-0.4, -0.2) is 55.3 Å². The molecule has 0 spiro atoms. The van der Waals surface area contributed by atoms with Gasteiger partial charge < -0.3 is 24.4 Å². The number of oxazole rings is 1. The maximum atomic E-state index is 13.3. The molecule has 2 saturated carbocycles. The Balaban J connectivity index is 1.33. The number of aldehydes is 1. The molecule has 0 aromatic carbocycles. The van der Waals surface area contributed by atoms with Gasteiger partial charge in [-0.25, -0.2) is 14.8 Å². The number of anilines is 2. The van der Waals surface area contributed by atoms with Gasteiger partial charge in [-0.05, 0) is 91.2 Å². The van der Waals surface area contributed by atoms with E-state index in [0.717, 1.165) is 44.8 Å². The standard InChI is InChI=1S/C31H40N6O6/c1-30(2,3)43-29(40)36(15-19-6-7-19)25-14-21(12-13-32-25)28-34-24(18-42-28)27(39)33-23-16-37(35-26(23)31(4,5)41)22-10-8-20(17-38)9-11-22/h12-14,16-20,22,41H,6-11,15H2,1-5H3,(H,33,39). The maximum absolute atomic E-state index is 13.3. The second-order valence-corrected chi connectivity index (χ2v) is 13.1. The smallest absolute Gasteiger partial charge is 0.416 e. The van der Waals surface area contributed by atoms with Crippen molar-refractivity contribution in [2.24, 2.45) is 11.8 Å². The van der Waals surface area contributed by atoms with E-state index in [1.807, 2.05) is 20.8 Å². The first-order valence-electron chi connectivity index (χ1n) is 14.8. The molecule has 2 fully saturated rings. The number of nitrogens with zero attached hydrogens (tertiary/aromatic N) is 5. The van der Waals surface area contributed by atoms with E-state index >= 15 is 0 Å². The molecule has 12 nitrogen and oxygen atoms in total. The van der Waals surface area contributed by atoms with Gasteiger partial charge in [0.25, 0.3) is 5.91 Å². The first-order chi connectivity index (χ1) is 20.3. The second-order valence-electron chi connectivity index (χ2n) is 13.1. The summed E-state index contributed by atoms with van der Waals surface area (Å²) >= 11 is 0. The lowest BCUT2D eigenvalue weighted by Crippen LogP contribution is -2.38. The predicted octanol–water partition coefficient (Wildman–Crippen LogP) is 5.49. The highest BCUT2D eigenvalue weighted by molar-refractivity contribution is 6.03. The van der Waals surface area contributed by atoms with Crippen molar-refractivity contribution in [3.05, 3.63) is 42.2 Å². The molecule has 43 heavy (non-hydrogen) atoms. The number of hydrogen-bond donors (Lipinski definition) is 2. The van der Waals surface area contributed by atoms with E-state index in [9.17, 15) is 19.5 Å². The third kappa shape index (κ3) is 7.48. The van der Waals surface area contributed by atoms with Crippen LogP contribution in [0.5, 0.6) is 0 Å². The molecule has 5 rings (SSSR count). The molecular weight excluding hydrogens is 552 g/mol. The van der Waals surface area contributed by atoms with Crippen LogP contribution in [0, 0.1) is 11.8 Å². The summed E-state index contributed by atoms with van der Waals surface area (Å²) in [7, 11) is 0. The van der Waals surface area contributed by atoms with Crippen molar-refractivity contribution in [1.29, 1.82) is 0 Å². The van der Waals surface area contributed by atoms with Crippen LogP contribution in [0.4, 0.5) is 16.3 Å². The van der Waals surface area contributed by atoms with Crippen molar-refractivity contribution < 1.29 is 28.6 Å². The van der Waals surface area contributed by atoms with Crippen LogP contribution in [0.15, 0.2) is 35.2 Å². The Morgan fingerprint density at radius 2 is 1.88 bits per heavy atom. The van der Waals surface area contributed by atoms with Crippen LogP contribution in [0.3, 0.4) is 0 Å². The minimum Gasteiger partial charge on any atom is -0.444 e. The number of pyridine rings is 1. The quantitative estimate of drug-likeness (QED) is 0.307. The zero-order valence-electron chi connectivity index (χ0n) is 25.4. The van der Waals surface area contributed by atoms with Crippen molar-refractivity contribution in [3.63, 3.8) is 0 Å². The first-order valence-corrected chi connectivity index (χ1v) is 14.8. The van der Waals surface area contributed by atoms with Gasteiger partial charge in [-0.15, -0.1) is 0 Å². The zero-order chi connectivity index (χ0) is 30.9. The Hall–Kier alpha value is -4.06. The van der Waals surface area contributed by atoms with E-state index in [2.05, 4.69) is 20.4 Å².